The van der Waals surface area contributed by atoms with Crippen molar-refractivity contribution < 1.29 is 9.21 Å². The van der Waals surface area contributed by atoms with E-state index in [1.54, 1.807) is 31.1 Å². The zero-order valence-electron chi connectivity index (χ0n) is 12.2. The molecule has 22 heavy (non-hydrogen) atoms. The van der Waals surface area contributed by atoms with Crippen LogP contribution < -0.4 is 0 Å². The highest BCUT2D eigenvalue weighted by molar-refractivity contribution is 5.92. The fraction of sp³-hybridized carbons (Fsp3) is 0.438. The smallest absolute Gasteiger partial charge is 0.247 e. The van der Waals surface area contributed by atoms with E-state index in [4.69, 9.17) is 4.42 Å². The van der Waals surface area contributed by atoms with Crippen molar-refractivity contribution in [1.82, 2.24) is 19.7 Å². The molecule has 0 radical (unpaired) electrons. The molecule has 4 heterocycles. The van der Waals surface area contributed by atoms with Gasteiger partial charge in [-0.05, 0) is 43.9 Å². The van der Waals surface area contributed by atoms with E-state index in [0.29, 0.717) is 23.9 Å². The summed E-state index contributed by atoms with van der Waals surface area (Å²) in [7, 11) is 0. The number of hydrogen-bond acceptors (Lipinski definition) is 4. The second-order valence-corrected chi connectivity index (χ2v) is 5.98. The molecular formula is C16H18N4O2. The van der Waals surface area contributed by atoms with Gasteiger partial charge in [-0.25, -0.2) is 9.67 Å². The van der Waals surface area contributed by atoms with Gasteiger partial charge in [-0.15, -0.1) is 0 Å². The molecule has 2 saturated heterocycles. The Labute approximate surface area is 128 Å². The molecule has 6 heteroatoms. The monoisotopic (exact) mass is 298 g/mol. The molecule has 2 fully saturated rings. The van der Waals surface area contributed by atoms with Crippen molar-refractivity contribution in [2.45, 2.75) is 43.8 Å². The van der Waals surface area contributed by atoms with E-state index >= 15 is 0 Å². The maximum atomic E-state index is 12.5. The molecule has 2 aromatic heterocycles. The molecule has 2 aliphatic rings. The maximum absolute atomic E-state index is 12.5. The highest BCUT2D eigenvalue weighted by Crippen LogP contribution is 2.40. The number of carbonyl (C=O) groups excluding carboxylic acids is 1. The number of hydrogen-bond donors (Lipinski definition) is 0. The number of furan rings is 1. The predicted octanol–water partition coefficient (Wildman–Crippen LogP) is 2.28. The minimum absolute atomic E-state index is 0.0842. The lowest BCUT2D eigenvalue weighted by Gasteiger charge is -2.38. The van der Waals surface area contributed by atoms with Crippen molar-refractivity contribution in [3.05, 3.63) is 42.9 Å². The van der Waals surface area contributed by atoms with Gasteiger partial charge in [0.15, 0.2) is 0 Å². The topological polar surface area (TPSA) is 64.2 Å². The van der Waals surface area contributed by atoms with Gasteiger partial charge in [0.05, 0.1) is 12.3 Å². The second-order valence-electron chi connectivity index (χ2n) is 5.98. The summed E-state index contributed by atoms with van der Waals surface area (Å²) >= 11 is 0. The molecule has 2 aliphatic heterocycles. The number of amides is 1. The SMILES string of the molecule is O=C(C=Cc1ccco1)N1C2CCC1CC(n1cncn1)C2. The highest BCUT2D eigenvalue weighted by atomic mass is 16.3. The third-order valence-electron chi connectivity index (χ3n) is 4.71. The lowest BCUT2D eigenvalue weighted by atomic mass is 9.97. The van der Waals surface area contributed by atoms with Crippen molar-refractivity contribution in [2.75, 3.05) is 0 Å². The van der Waals surface area contributed by atoms with Crippen molar-refractivity contribution in [3.63, 3.8) is 0 Å². The molecular weight excluding hydrogens is 280 g/mol. The Hall–Kier alpha value is -2.37. The third-order valence-corrected chi connectivity index (χ3v) is 4.71. The Morgan fingerprint density at radius 1 is 1.27 bits per heavy atom. The number of rotatable bonds is 3. The first-order valence-electron chi connectivity index (χ1n) is 7.69. The molecule has 0 N–H and O–H groups in total. The summed E-state index contributed by atoms with van der Waals surface area (Å²) in [6, 6.07) is 4.63. The molecule has 2 unspecified atom stereocenters. The van der Waals surface area contributed by atoms with E-state index in [-0.39, 0.29) is 5.91 Å². The van der Waals surface area contributed by atoms with Gasteiger partial charge >= 0.3 is 0 Å². The lowest BCUT2D eigenvalue weighted by molar-refractivity contribution is -0.130. The van der Waals surface area contributed by atoms with E-state index < -0.39 is 0 Å². The number of piperidine rings is 1. The van der Waals surface area contributed by atoms with Crippen LogP contribution in [0, 0.1) is 0 Å². The average Bonchev–Trinajstić information content (AvgIpc) is 3.25. The van der Waals surface area contributed by atoms with Crippen LogP contribution in [0.3, 0.4) is 0 Å². The first kappa shape index (κ1) is 13.3. The quantitative estimate of drug-likeness (QED) is 0.815. The molecule has 2 atom stereocenters. The van der Waals surface area contributed by atoms with Gasteiger partial charge in [0.2, 0.25) is 5.91 Å². The average molecular weight is 298 g/mol. The van der Waals surface area contributed by atoms with Gasteiger partial charge in [0, 0.05) is 18.2 Å². The van der Waals surface area contributed by atoms with E-state index in [1.165, 1.54) is 0 Å². The normalized spacial score (nSPS) is 27.6. The van der Waals surface area contributed by atoms with Crippen LogP contribution >= 0.6 is 0 Å². The van der Waals surface area contributed by atoms with Crippen LogP contribution in [0.25, 0.3) is 6.08 Å². The summed E-state index contributed by atoms with van der Waals surface area (Å²) in [5.41, 5.74) is 0. The summed E-state index contributed by atoms with van der Waals surface area (Å²) in [5.74, 6) is 0.791. The number of carbonyl (C=O) groups is 1. The standard InChI is InChI=1S/C16H18N4O2/c21-16(6-5-15-2-1-7-22-15)20-12-3-4-13(20)9-14(8-12)19-11-17-10-18-19/h1-2,5-7,10-14H,3-4,8-9H2. The summed E-state index contributed by atoms with van der Waals surface area (Å²) in [4.78, 5) is 18.6. The Morgan fingerprint density at radius 3 is 2.73 bits per heavy atom. The lowest BCUT2D eigenvalue weighted by Crippen LogP contribution is -2.46. The van der Waals surface area contributed by atoms with Gasteiger partial charge in [-0.1, -0.05) is 0 Å². The Bertz CT molecular complexity index is 648. The van der Waals surface area contributed by atoms with Crippen LogP contribution in [-0.4, -0.2) is 37.7 Å². The maximum Gasteiger partial charge on any atom is 0.247 e. The summed E-state index contributed by atoms with van der Waals surface area (Å²) in [6.45, 7) is 0. The number of nitrogens with zero attached hydrogens (tertiary/aromatic N) is 4. The molecule has 4 rings (SSSR count). The summed E-state index contributed by atoms with van der Waals surface area (Å²) < 4.78 is 7.17. The Morgan fingerprint density at radius 2 is 2.09 bits per heavy atom. The van der Waals surface area contributed by atoms with E-state index in [2.05, 4.69) is 10.1 Å². The van der Waals surface area contributed by atoms with Gasteiger partial charge < -0.3 is 9.32 Å². The first-order chi connectivity index (χ1) is 10.8. The van der Waals surface area contributed by atoms with Crippen molar-refractivity contribution in [3.8, 4) is 0 Å². The fourth-order valence-corrected chi connectivity index (χ4v) is 3.76. The molecule has 0 saturated carbocycles. The fourth-order valence-electron chi connectivity index (χ4n) is 3.76. The summed E-state index contributed by atoms with van der Waals surface area (Å²) in [5, 5.41) is 4.25. The molecule has 6 nitrogen and oxygen atoms in total. The van der Waals surface area contributed by atoms with Gasteiger partial charge in [0.1, 0.15) is 18.4 Å². The zero-order valence-corrected chi connectivity index (χ0v) is 12.2. The van der Waals surface area contributed by atoms with Crippen LogP contribution in [0.1, 0.15) is 37.5 Å². The van der Waals surface area contributed by atoms with E-state index in [0.717, 1.165) is 25.7 Å². The van der Waals surface area contributed by atoms with Gasteiger partial charge in [0.25, 0.3) is 0 Å². The zero-order chi connectivity index (χ0) is 14.9. The van der Waals surface area contributed by atoms with E-state index in [9.17, 15) is 4.79 Å². The largest absolute Gasteiger partial charge is 0.465 e. The van der Waals surface area contributed by atoms with Crippen LogP contribution in [0.2, 0.25) is 0 Å². The first-order valence-corrected chi connectivity index (χ1v) is 7.69. The summed E-state index contributed by atoms with van der Waals surface area (Å²) in [6.07, 6.45) is 12.4. The number of fused-ring (bicyclic) bond motifs is 2. The molecule has 114 valence electrons. The Balaban J connectivity index is 1.47. The molecule has 0 spiro atoms. The van der Waals surface area contributed by atoms with Crippen LogP contribution in [0.15, 0.2) is 41.5 Å². The van der Waals surface area contributed by atoms with E-state index in [1.807, 2.05) is 21.7 Å². The highest BCUT2D eigenvalue weighted by Gasteiger charge is 2.43. The van der Waals surface area contributed by atoms with Gasteiger partial charge in [-0.3, -0.25) is 4.79 Å². The minimum Gasteiger partial charge on any atom is -0.465 e. The molecule has 0 aromatic carbocycles. The third kappa shape index (κ3) is 2.34. The van der Waals surface area contributed by atoms with Crippen molar-refractivity contribution in [1.29, 1.82) is 0 Å². The van der Waals surface area contributed by atoms with Gasteiger partial charge in [-0.2, -0.15) is 5.10 Å². The minimum atomic E-state index is 0.0842. The van der Waals surface area contributed by atoms with Crippen molar-refractivity contribution in [2.24, 2.45) is 0 Å². The molecule has 2 aromatic rings. The number of aromatic nitrogens is 3. The molecule has 1 amide bonds. The molecule has 0 aliphatic carbocycles. The van der Waals surface area contributed by atoms with Crippen molar-refractivity contribution >= 4 is 12.0 Å². The van der Waals surface area contributed by atoms with Crippen LogP contribution in [0.4, 0.5) is 0 Å². The molecule has 2 bridgehead atoms. The Kier molecular flexibility index (Phi) is 3.29. The van der Waals surface area contributed by atoms with Crippen LogP contribution in [0.5, 0.6) is 0 Å². The van der Waals surface area contributed by atoms with Crippen LogP contribution in [-0.2, 0) is 4.79 Å². The second kappa shape index (κ2) is 5.44. The predicted molar refractivity (Wildman–Crippen MR) is 79.7 cm³/mol.